The Labute approximate surface area is 101 Å². The molecule has 1 N–H and O–H groups in total. The van der Waals surface area contributed by atoms with Crippen LogP contribution in [0, 0.1) is 0 Å². The number of methoxy groups -OCH3 is 1. The zero-order valence-corrected chi connectivity index (χ0v) is 10.5. The molecule has 1 heterocycles. The van der Waals surface area contributed by atoms with Gasteiger partial charge in [-0.3, -0.25) is 4.68 Å². The summed E-state index contributed by atoms with van der Waals surface area (Å²) in [5.74, 6) is 0. The number of nitrogens with zero attached hydrogens (tertiary/aromatic N) is 2. The predicted octanol–water partition coefficient (Wildman–Crippen LogP) is 1.81. The summed E-state index contributed by atoms with van der Waals surface area (Å²) in [6, 6.07) is 0. The van der Waals surface area contributed by atoms with Gasteiger partial charge in [0.05, 0.1) is 30.1 Å². The van der Waals surface area contributed by atoms with E-state index in [2.05, 4.69) is 16.5 Å². The average Bonchev–Trinajstić information content (AvgIpc) is 2.63. The molecule has 0 aliphatic carbocycles. The quantitative estimate of drug-likeness (QED) is 0.743. The third-order valence-electron chi connectivity index (χ3n) is 2.18. The molecule has 0 aliphatic rings. The third kappa shape index (κ3) is 3.96. The zero-order chi connectivity index (χ0) is 11.8. The van der Waals surface area contributed by atoms with Gasteiger partial charge in [0, 0.05) is 7.11 Å². The summed E-state index contributed by atoms with van der Waals surface area (Å²) in [5, 5.41) is 7.95. The highest BCUT2D eigenvalue weighted by Crippen LogP contribution is 2.16. The highest BCUT2D eigenvalue weighted by Gasteiger charge is 2.04. The monoisotopic (exact) mass is 243 g/mol. The van der Waals surface area contributed by atoms with Crippen molar-refractivity contribution >= 4 is 17.7 Å². The van der Waals surface area contributed by atoms with E-state index in [4.69, 9.17) is 16.3 Å². The van der Waals surface area contributed by atoms with E-state index in [0.717, 1.165) is 25.2 Å². The first-order chi connectivity index (χ1) is 7.79. The minimum atomic E-state index is 0.634. The van der Waals surface area contributed by atoms with Gasteiger partial charge in [0.1, 0.15) is 0 Å². The van der Waals surface area contributed by atoms with E-state index in [1.165, 1.54) is 0 Å². The Bertz CT molecular complexity index is 336. The SMILES string of the molecule is CNCC/C=C/c1c(Cl)cnn1CCOC. The second-order valence-corrected chi connectivity index (χ2v) is 3.80. The molecule has 0 saturated carbocycles. The van der Waals surface area contributed by atoms with E-state index < -0.39 is 0 Å². The van der Waals surface area contributed by atoms with E-state index in [9.17, 15) is 0 Å². The first-order valence-electron chi connectivity index (χ1n) is 5.31. The maximum absolute atomic E-state index is 6.05. The fourth-order valence-corrected chi connectivity index (χ4v) is 1.52. The molecule has 0 radical (unpaired) electrons. The lowest BCUT2D eigenvalue weighted by Crippen LogP contribution is -2.08. The smallest absolute Gasteiger partial charge is 0.0859 e. The summed E-state index contributed by atoms with van der Waals surface area (Å²) in [6.07, 6.45) is 6.72. The zero-order valence-electron chi connectivity index (χ0n) is 9.74. The van der Waals surface area contributed by atoms with Crippen LogP contribution in [0.15, 0.2) is 12.3 Å². The van der Waals surface area contributed by atoms with Crippen molar-refractivity contribution in [2.75, 3.05) is 27.3 Å². The Kier molecular flexibility index (Phi) is 6.15. The summed E-state index contributed by atoms with van der Waals surface area (Å²) in [7, 11) is 3.61. The van der Waals surface area contributed by atoms with Crippen molar-refractivity contribution < 1.29 is 4.74 Å². The molecule has 0 saturated heterocycles. The van der Waals surface area contributed by atoms with Crippen LogP contribution in [0.3, 0.4) is 0 Å². The van der Waals surface area contributed by atoms with E-state index in [1.807, 2.05) is 17.8 Å². The summed E-state index contributed by atoms with van der Waals surface area (Å²) in [4.78, 5) is 0. The first-order valence-corrected chi connectivity index (χ1v) is 5.68. The highest BCUT2D eigenvalue weighted by molar-refractivity contribution is 6.31. The number of hydrogen-bond donors (Lipinski definition) is 1. The topological polar surface area (TPSA) is 39.1 Å². The first kappa shape index (κ1) is 13.2. The Hall–Kier alpha value is -0.840. The van der Waals surface area contributed by atoms with Gasteiger partial charge in [-0.15, -0.1) is 0 Å². The van der Waals surface area contributed by atoms with Gasteiger partial charge in [-0.2, -0.15) is 5.10 Å². The van der Waals surface area contributed by atoms with Crippen molar-refractivity contribution in [3.05, 3.63) is 23.0 Å². The molecule has 0 unspecified atom stereocenters. The van der Waals surface area contributed by atoms with Crippen LogP contribution >= 0.6 is 11.6 Å². The molecule has 0 bridgehead atoms. The molecule has 1 aromatic heterocycles. The Morgan fingerprint density at radius 1 is 1.62 bits per heavy atom. The molecular formula is C11H18ClN3O. The van der Waals surface area contributed by atoms with Crippen LogP contribution in [0.25, 0.3) is 6.08 Å². The van der Waals surface area contributed by atoms with E-state index >= 15 is 0 Å². The lowest BCUT2D eigenvalue weighted by atomic mass is 10.3. The third-order valence-corrected chi connectivity index (χ3v) is 2.47. The number of halogens is 1. The van der Waals surface area contributed by atoms with Crippen LogP contribution < -0.4 is 5.32 Å². The van der Waals surface area contributed by atoms with Crippen molar-refractivity contribution in [1.82, 2.24) is 15.1 Å². The molecule has 1 rings (SSSR count). The molecule has 90 valence electrons. The molecule has 0 amide bonds. The number of aromatic nitrogens is 2. The Balaban J connectivity index is 2.61. The number of ether oxygens (including phenoxy) is 1. The van der Waals surface area contributed by atoms with Crippen molar-refractivity contribution in [3.63, 3.8) is 0 Å². The molecule has 5 heteroatoms. The van der Waals surface area contributed by atoms with Crippen LogP contribution in [-0.2, 0) is 11.3 Å². The second kappa shape index (κ2) is 7.44. The Morgan fingerprint density at radius 2 is 2.44 bits per heavy atom. The van der Waals surface area contributed by atoms with Gasteiger partial charge in [-0.05, 0) is 26.1 Å². The van der Waals surface area contributed by atoms with E-state index in [0.29, 0.717) is 11.6 Å². The molecule has 0 fully saturated rings. The largest absolute Gasteiger partial charge is 0.383 e. The normalized spacial score (nSPS) is 11.4. The van der Waals surface area contributed by atoms with Crippen LogP contribution in [-0.4, -0.2) is 37.1 Å². The lowest BCUT2D eigenvalue weighted by molar-refractivity contribution is 0.183. The van der Waals surface area contributed by atoms with E-state index in [-0.39, 0.29) is 0 Å². The fraction of sp³-hybridized carbons (Fsp3) is 0.545. The van der Waals surface area contributed by atoms with Gasteiger partial charge in [-0.25, -0.2) is 0 Å². The van der Waals surface area contributed by atoms with Crippen molar-refractivity contribution in [2.24, 2.45) is 0 Å². The number of rotatable bonds is 7. The van der Waals surface area contributed by atoms with E-state index in [1.54, 1.807) is 13.3 Å². The Morgan fingerprint density at radius 3 is 3.12 bits per heavy atom. The van der Waals surface area contributed by atoms with Gasteiger partial charge in [0.2, 0.25) is 0 Å². The molecule has 4 nitrogen and oxygen atoms in total. The molecule has 0 aliphatic heterocycles. The highest BCUT2D eigenvalue weighted by atomic mass is 35.5. The number of hydrogen-bond acceptors (Lipinski definition) is 3. The number of nitrogens with one attached hydrogen (secondary N) is 1. The van der Waals surface area contributed by atoms with Crippen molar-refractivity contribution in [2.45, 2.75) is 13.0 Å². The molecule has 16 heavy (non-hydrogen) atoms. The minimum Gasteiger partial charge on any atom is -0.383 e. The van der Waals surface area contributed by atoms with Gasteiger partial charge in [0.25, 0.3) is 0 Å². The molecule has 1 aromatic rings. The van der Waals surface area contributed by atoms with Crippen LogP contribution in [0.5, 0.6) is 0 Å². The average molecular weight is 244 g/mol. The standard InChI is InChI=1S/C11H18ClN3O/c1-13-6-4-3-5-11-10(12)9-14-15(11)7-8-16-2/h3,5,9,13H,4,6-8H2,1-2H3/b5-3+. The van der Waals surface area contributed by atoms with Crippen molar-refractivity contribution in [3.8, 4) is 0 Å². The molecule has 0 aromatic carbocycles. The lowest BCUT2D eigenvalue weighted by Gasteiger charge is -2.03. The fourth-order valence-electron chi connectivity index (χ4n) is 1.32. The molecule has 0 spiro atoms. The van der Waals surface area contributed by atoms with Gasteiger partial charge < -0.3 is 10.1 Å². The molecular weight excluding hydrogens is 226 g/mol. The van der Waals surface area contributed by atoms with Crippen LogP contribution in [0.4, 0.5) is 0 Å². The van der Waals surface area contributed by atoms with Gasteiger partial charge >= 0.3 is 0 Å². The van der Waals surface area contributed by atoms with Crippen molar-refractivity contribution in [1.29, 1.82) is 0 Å². The van der Waals surface area contributed by atoms with Crippen LogP contribution in [0.2, 0.25) is 5.02 Å². The minimum absolute atomic E-state index is 0.634. The van der Waals surface area contributed by atoms with Gasteiger partial charge in [0.15, 0.2) is 0 Å². The summed E-state index contributed by atoms with van der Waals surface area (Å²) in [6.45, 7) is 2.31. The summed E-state index contributed by atoms with van der Waals surface area (Å²) < 4.78 is 6.86. The van der Waals surface area contributed by atoms with Crippen LogP contribution in [0.1, 0.15) is 12.1 Å². The molecule has 0 atom stereocenters. The second-order valence-electron chi connectivity index (χ2n) is 3.39. The van der Waals surface area contributed by atoms with Gasteiger partial charge in [-0.1, -0.05) is 17.7 Å². The predicted molar refractivity (Wildman–Crippen MR) is 66.7 cm³/mol. The summed E-state index contributed by atoms with van der Waals surface area (Å²) >= 11 is 6.05. The maximum Gasteiger partial charge on any atom is 0.0859 e. The summed E-state index contributed by atoms with van der Waals surface area (Å²) in [5.41, 5.74) is 0.940. The maximum atomic E-state index is 6.05.